The van der Waals surface area contributed by atoms with Crippen LogP contribution in [0.5, 0.6) is 5.75 Å². The maximum atomic E-state index is 13.6. The molecule has 3 aromatic rings. The Balaban J connectivity index is 1.42. The fourth-order valence-corrected chi connectivity index (χ4v) is 5.38. The van der Waals surface area contributed by atoms with E-state index in [1.165, 1.54) is 0 Å². The van der Waals surface area contributed by atoms with E-state index >= 15 is 0 Å². The molecule has 3 aromatic carbocycles. The molecule has 5 rings (SSSR count). The fraction of sp³-hybridized carbons (Fsp3) is 0.226. The molecule has 1 aliphatic heterocycles. The SMILES string of the molecule is CC1=C(C(=O)OCCOc2ccccc2)C(c2cccc(Cl)c2)C2=C(CC(c3ccccc3)CC2=O)N1. The van der Waals surface area contributed by atoms with Crippen LogP contribution in [0.1, 0.15) is 42.7 Å². The number of halogens is 1. The van der Waals surface area contributed by atoms with Crippen molar-refractivity contribution in [3.8, 4) is 5.75 Å². The molecular weight excluding hydrogens is 486 g/mol. The summed E-state index contributed by atoms with van der Waals surface area (Å²) in [5.74, 6) is -0.215. The van der Waals surface area contributed by atoms with E-state index in [4.69, 9.17) is 21.1 Å². The summed E-state index contributed by atoms with van der Waals surface area (Å²) in [6.07, 6.45) is 1.07. The van der Waals surface area contributed by atoms with Gasteiger partial charge < -0.3 is 14.8 Å². The van der Waals surface area contributed by atoms with E-state index in [2.05, 4.69) is 17.4 Å². The van der Waals surface area contributed by atoms with E-state index < -0.39 is 11.9 Å². The summed E-state index contributed by atoms with van der Waals surface area (Å²) in [6.45, 7) is 2.17. The predicted molar refractivity (Wildman–Crippen MR) is 143 cm³/mol. The molecule has 2 aliphatic rings. The maximum Gasteiger partial charge on any atom is 0.336 e. The van der Waals surface area contributed by atoms with Gasteiger partial charge in [0, 0.05) is 34.3 Å². The molecule has 0 spiro atoms. The molecule has 1 heterocycles. The first-order chi connectivity index (χ1) is 18.0. The highest BCUT2D eigenvalue weighted by Gasteiger charge is 2.41. The smallest absolute Gasteiger partial charge is 0.336 e. The largest absolute Gasteiger partial charge is 0.490 e. The van der Waals surface area contributed by atoms with Crippen molar-refractivity contribution in [2.45, 2.75) is 31.6 Å². The van der Waals surface area contributed by atoms with Gasteiger partial charge in [0.25, 0.3) is 0 Å². The van der Waals surface area contributed by atoms with Crippen molar-refractivity contribution < 1.29 is 19.1 Å². The molecule has 5 nitrogen and oxygen atoms in total. The lowest BCUT2D eigenvalue weighted by atomic mass is 9.72. The van der Waals surface area contributed by atoms with Gasteiger partial charge in [-0.05, 0) is 54.7 Å². The lowest BCUT2D eigenvalue weighted by Gasteiger charge is -2.36. The number of hydrogen-bond donors (Lipinski definition) is 1. The van der Waals surface area contributed by atoms with E-state index in [9.17, 15) is 9.59 Å². The Morgan fingerprint density at radius 2 is 1.62 bits per heavy atom. The molecule has 1 N–H and O–H groups in total. The molecular formula is C31H28ClNO4. The summed E-state index contributed by atoms with van der Waals surface area (Å²) in [5.41, 5.74) is 4.50. The first-order valence-corrected chi connectivity index (χ1v) is 12.8. The number of carbonyl (C=O) groups is 2. The third kappa shape index (κ3) is 5.47. The summed E-state index contributed by atoms with van der Waals surface area (Å²) in [7, 11) is 0. The number of benzene rings is 3. The number of allylic oxidation sites excluding steroid dienone is 3. The maximum absolute atomic E-state index is 13.6. The monoisotopic (exact) mass is 513 g/mol. The van der Waals surface area contributed by atoms with Crippen LogP contribution in [0, 0.1) is 0 Å². The van der Waals surface area contributed by atoms with Crippen molar-refractivity contribution in [2.75, 3.05) is 13.2 Å². The Kier molecular flexibility index (Phi) is 7.42. The number of para-hydroxylation sites is 1. The Hall–Kier alpha value is -3.83. The Morgan fingerprint density at radius 1 is 0.919 bits per heavy atom. The van der Waals surface area contributed by atoms with Crippen LogP contribution < -0.4 is 10.1 Å². The summed E-state index contributed by atoms with van der Waals surface area (Å²) in [5, 5.41) is 3.93. The zero-order valence-electron chi connectivity index (χ0n) is 20.6. The minimum Gasteiger partial charge on any atom is -0.490 e. The Morgan fingerprint density at radius 3 is 2.35 bits per heavy atom. The van der Waals surface area contributed by atoms with Crippen molar-refractivity contribution in [3.63, 3.8) is 0 Å². The van der Waals surface area contributed by atoms with Gasteiger partial charge in [-0.15, -0.1) is 0 Å². The summed E-state index contributed by atoms with van der Waals surface area (Å²) >= 11 is 6.34. The Bertz CT molecular complexity index is 1360. The predicted octanol–water partition coefficient (Wildman–Crippen LogP) is 6.32. The lowest BCUT2D eigenvalue weighted by Crippen LogP contribution is -2.36. The van der Waals surface area contributed by atoms with Crippen LogP contribution in [-0.2, 0) is 14.3 Å². The van der Waals surface area contributed by atoms with Gasteiger partial charge >= 0.3 is 5.97 Å². The Labute approximate surface area is 221 Å². The molecule has 0 amide bonds. The molecule has 0 fully saturated rings. The van der Waals surface area contributed by atoms with E-state index in [1.807, 2.05) is 73.7 Å². The second-order valence-electron chi connectivity index (χ2n) is 9.28. The standard InChI is InChI=1S/C31H28ClNO4/c1-20-28(31(35)37-16-15-36-25-13-6-3-7-14-25)29(22-11-8-12-24(32)17-22)30-26(33-20)18-23(19-27(30)34)21-9-4-2-5-10-21/h2-14,17,23,29,33H,15-16,18-19H2,1H3. The van der Waals surface area contributed by atoms with Gasteiger partial charge in [-0.3, -0.25) is 4.79 Å². The molecule has 2 atom stereocenters. The van der Waals surface area contributed by atoms with Crippen molar-refractivity contribution >= 4 is 23.4 Å². The number of nitrogens with one attached hydrogen (secondary N) is 1. The minimum absolute atomic E-state index is 0.0257. The van der Waals surface area contributed by atoms with Crippen molar-refractivity contribution in [3.05, 3.63) is 124 Å². The molecule has 0 bridgehead atoms. The van der Waals surface area contributed by atoms with Crippen LogP contribution in [0.4, 0.5) is 0 Å². The summed E-state index contributed by atoms with van der Waals surface area (Å²) < 4.78 is 11.3. The van der Waals surface area contributed by atoms with Crippen LogP contribution in [0.15, 0.2) is 107 Å². The number of carbonyl (C=O) groups excluding carboxylic acids is 2. The zero-order chi connectivity index (χ0) is 25.8. The molecule has 0 aromatic heterocycles. The van der Waals surface area contributed by atoms with Gasteiger partial charge in [0.2, 0.25) is 0 Å². The van der Waals surface area contributed by atoms with Gasteiger partial charge in [0.15, 0.2) is 5.78 Å². The molecule has 6 heteroatoms. The number of Topliss-reactive ketones (excluding diaryl/α,β-unsaturated/α-hetero) is 1. The van der Waals surface area contributed by atoms with Gasteiger partial charge in [-0.1, -0.05) is 72.3 Å². The number of ketones is 1. The number of ether oxygens (including phenoxy) is 2. The highest BCUT2D eigenvalue weighted by molar-refractivity contribution is 6.30. The van der Waals surface area contributed by atoms with Crippen LogP contribution in [0.2, 0.25) is 5.02 Å². The first kappa shape index (κ1) is 24.8. The summed E-state index contributed by atoms with van der Waals surface area (Å²) in [6, 6.07) is 26.8. The van der Waals surface area contributed by atoms with Crippen LogP contribution in [0.3, 0.4) is 0 Å². The molecule has 1 aliphatic carbocycles. The third-order valence-electron chi connectivity index (χ3n) is 6.83. The lowest BCUT2D eigenvalue weighted by molar-refractivity contribution is -0.140. The second kappa shape index (κ2) is 11.1. The second-order valence-corrected chi connectivity index (χ2v) is 9.72. The number of rotatable bonds is 7. The molecule has 0 saturated heterocycles. The first-order valence-electron chi connectivity index (χ1n) is 12.4. The average molecular weight is 514 g/mol. The molecule has 37 heavy (non-hydrogen) atoms. The zero-order valence-corrected chi connectivity index (χ0v) is 21.3. The normalized spacial score (nSPS) is 19.2. The fourth-order valence-electron chi connectivity index (χ4n) is 5.18. The molecule has 188 valence electrons. The van der Waals surface area contributed by atoms with Gasteiger partial charge in [-0.2, -0.15) is 0 Å². The van der Waals surface area contributed by atoms with Crippen molar-refractivity contribution in [1.29, 1.82) is 0 Å². The number of dihydropyridines is 1. The summed E-state index contributed by atoms with van der Waals surface area (Å²) in [4.78, 5) is 27.1. The molecule has 2 unspecified atom stereocenters. The van der Waals surface area contributed by atoms with Crippen LogP contribution in [0.25, 0.3) is 0 Å². The van der Waals surface area contributed by atoms with E-state index in [0.717, 1.165) is 16.8 Å². The molecule has 0 saturated carbocycles. The van der Waals surface area contributed by atoms with Crippen molar-refractivity contribution in [2.24, 2.45) is 0 Å². The minimum atomic E-state index is -0.554. The van der Waals surface area contributed by atoms with Crippen LogP contribution >= 0.6 is 11.6 Å². The van der Waals surface area contributed by atoms with Gasteiger partial charge in [0.05, 0.1) is 5.57 Å². The quantitative estimate of drug-likeness (QED) is 0.295. The van der Waals surface area contributed by atoms with Gasteiger partial charge in [0.1, 0.15) is 19.0 Å². The average Bonchev–Trinajstić information content (AvgIpc) is 2.91. The van der Waals surface area contributed by atoms with E-state index in [0.29, 0.717) is 40.5 Å². The molecule has 0 radical (unpaired) electrons. The highest BCUT2D eigenvalue weighted by Crippen LogP contribution is 2.46. The highest BCUT2D eigenvalue weighted by atomic mass is 35.5. The number of esters is 1. The van der Waals surface area contributed by atoms with E-state index in [-0.39, 0.29) is 24.9 Å². The van der Waals surface area contributed by atoms with Crippen LogP contribution in [-0.4, -0.2) is 25.0 Å². The number of hydrogen-bond acceptors (Lipinski definition) is 5. The topological polar surface area (TPSA) is 64.6 Å². The van der Waals surface area contributed by atoms with Gasteiger partial charge in [-0.25, -0.2) is 4.79 Å². The van der Waals surface area contributed by atoms with E-state index in [1.54, 1.807) is 6.07 Å². The third-order valence-corrected chi connectivity index (χ3v) is 7.06. The van der Waals surface area contributed by atoms with Crippen molar-refractivity contribution in [1.82, 2.24) is 5.32 Å².